The van der Waals surface area contributed by atoms with Crippen LogP contribution in [0.1, 0.15) is 53.7 Å². The van der Waals surface area contributed by atoms with Gasteiger partial charge in [0.25, 0.3) is 5.91 Å². The van der Waals surface area contributed by atoms with Gasteiger partial charge in [0.05, 0.1) is 18.4 Å². The summed E-state index contributed by atoms with van der Waals surface area (Å²) in [4.78, 5) is 17.8. The molecule has 1 aliphatic carbocycles. The summed E-state index contributed by atoms with van der Waals surface area (Å²) in [7, 11) is 0. The lowest BCUT2D eigenvalue weighted by molar-refractivity contribution is 0.0948. The first-order chi connectivity index (χ1) is 11.6. The molecule has 3 heterocycles. The Kier molecular flexibility index (Phi) is 3.63. The molecule has 0 fully saturated rings. The third-order valence-corrected chi connectivity index (χ3v) is 4.67. The lowest BCUT2D eigenvalue weighted by Crippen LogP contribution is -2.24. The number of fused-ring (bicyclic) bond motifs is 2. The van der Waals surface area contributed by atoms with Crippen LogP contribution in [0.2, 0.25) is 0 Å². The van der Waals surface area contributed by atoms with Gasteiger partial charge < -0.3 is 14.3 Å². The number of amides is 1. The maximum absolute atomic E-state index is 12.9. The summed E-state index contributed by atoms with van der Waals surface area (Å²) in [6, 6.07) is 6.02. The minimum absolute atomic E-state index is 0.0431. The lowest BCUT2D eigenvalue weighted by atomic mass is 10.0. The molecule has 3 aromatic rings. The molecule has 0 unspecified atom stereocenters. The molecule has 0 atom stereocenters. The van der Waals surface area contributed by atoms with Crippen LogP contribution in [0.4, 0.5) is 0 Å². The van der Waals surface area contributed by atoms with Crippen LogP contribution in [0.3, 0.4) is 0 Å². The molecule has 1 N–H and O–H groups in total. The zero-order chi connectivity index (χ0) is 16.7. The fourth-order valence-electron chi connectivity index (χ4n) is 3.51. The Bertz CT molecular complexity index is 891. The van der Waals surface area contributed by atoms with Crippen LogP contribution in [0, 0.1) is 0 Å². The molecule has 5 nitrogen and oxygen atoms in total. The first-order valence-corrected chi connectivity index (χ1v) is 8.48. The molecule has 24 heavy (non-hydrogen) atoms. The number of nitrogens with one attached hydrogen (secondary N) is 1. The van der Waals surface area contributed by atoms with Gasteiger partial charge in [0.1, 0.15) is 11.4 Å². The van der Waals surface area contributed by atoms with E-state index in [4.69, 9.17) is 9.40 Å². The Morgan fingerprint density at radius 1 is 1.38 bits per heavy atom. The van der Waals surface area contributed by atoms with E-state index in [0.717, 1.165) is 52.9 Å². The second-order valence-electron chi connectivity index (χ2n) is 6.58. The number of pyridine rings is 1. The van der Waals surface area contributed by atoms with Gasteiger partial charge in [-0.1, -0.05) is 0 Å². The van der Waals surface area contributed by atoms with Crippen molar-refractivity contribution in [1.82, 2.24) is 14.9 Å². The average molecular weight is 323 g/mol. The van der Waals surface area contributed by atoms with Crippen LogP contribution in [0.15, 0.2) is 35.1 Å². The van der Waals surface area contributed by atoms with Crippen LogP contribution in [-0.2, 0) is 19.4 Å². The molecule has 5 heteroatoms. The van der Waals surface area contributed by atoms with Crippen molar-refractivity contribution in [2.45, 2.75) is 45.7 Å². The number of hydrogen-bond donors (Lipinski definition) is 1. The first-order valence-electron chi connectivity index (χ1n) is 8.48. The zero-order valence-electron chi connectivity index (χ0n) is 14.0. The summed E-state index contributed by atoms with van der Waals surface area (Å²) in [5.74, 6) is 0.712. The normalized spacial score (nSPS) is 13.6. The van der Waals surface area contributed by atoms with Gasteiger partial charge in [-0.3, -0.25) is 4.79 Å². The summed E-state index contributed by atoms with van der Waals surface area (Å²) in [5.41, 5.74) is 3.89. The number of carbonyl (C=O) groups is 1. The smallest absolute Gasteiger partial charge is 0.252 e. The molecule has 0 saturated heterocycles. The van der Waals surface area contributed by atoms with E-state index in [1.165, 1.54) is 0 Å². The van der Waals surface area contributed by atoms with Gasteiger partial charge in [-0.15, -0.1) is 0 Å². The molecule has 0 radical (unpaired) electrons. The van der Waals surface area contributed by atoms with Crippen molar-refractivity contribution in [2.75, 3.05) is 0 Å². The highest BCUT2D eigenvalue weighted by atomic mass is 16.3. The quantitative estimate of drug-likeness (QED) is 0.797. The summed E-state index contributed by atoms with van der Waals surface area (Å²) in [5, 5.41) is 3.94. The topological polar surface area (TPSA) is 60.1 Å². The summed E-state index contributed by atoms with van der Waals surface area (Å²) in [6.07, 6.45) is 6.59. The fourth-order valence-corrected chi connectivity index (χ4v) is 3.51. The van der Waals surface area contributed by atoms with Crippen molar-refractivity contribution in [2.24, 2.45) is 0 Å². The van der Waals surface area contributed by atoms with E-state index in [0.29, 0.717) is 12.6 Å². The van der Waals surface area contributed by atoms with Crippen LogP contribution < -0.4 is 5.32 Å². The molecule has 0 aromatic carbocycles. The highest BCUT2D eigenvalue weighted by molar-refractivity contribution is 6.07. The Hall–Kier alpha value is -2.56. The molecule has 0 bridgehead atoms. The van der Waals surface area contributed by atoms with Gasteiger partial charge in [0, 0.05) is 23.3 Å². The minimum atomic E-state index is -0.0431. The molecule has 0 aliphatic heterocycles. The van der Waals surface area contributed by atoms with E-state index in [1.807, 2.05) is 24.4 Å². The highest BCUT2D eigenvalue weighted by Gasteiger charge is 2.25. The summed E-state index contributed by atoms with van der Waals surface area (Å²) in [6.45, 7) is 4.66. The van der Waals surface area contributed by atoms with Gasteiger partial charge in [-0.2, -0.15) is 0 Å². The van der Waals surface area contributed by atoms with Crippen molar-refractivity contribution in [3.05, 3.63) is 53.2 Å². The Balaban J connectivity index is 1.77. The van der Waals surface area contributed by atoms with E-state index in [9.17, 15) is 4.79 Å². The largest absolute Gasteiger partial charge is 0.467 e. The zero-order valence-corrected chi connectivity index (χ0v) is 14.0. The molecule has 4 rings (SSSR count). The highest BCUT2D eigenvalue weighted by Crippen LogP contribution is 2.31. The van der Waals surface area contributed by atoms with Crippen LogP contribution in [0.25, 0.3) is 11.0 Å². The predicted octanol–water partition coefficient (Wildman–Crippen LogP) is 3.63. The number of carbonyl (C=O) groups excluding carboxylic acids is 1. The van der Waals surface area contributed by atoms with Crippen LogP contribution >= 0.6 is 0 Å². The van der Waals surface area contributed by atoms with Crippen molar-refractivity contribution in [3.63, 3.8) is 0 Å². The van der Waals surface area contributed by atoms with Gasteiger partial charge in [-0.05, 0) is 56.9 Å². The molecular formula is C19H21N3O2. The van der Waals surface area contributed by atoms with E-state index in [2.05, 4.69) is 23.7 Å². The number of rotatable bonds is 4. The van der Waals surface area contributed by atoms with Gasteiger partial charge >= 0.3 is 0 Å². The third-order valence-electron chi connectivity index (χ3n) is 4.67. The average Bonchev–Trinajstić information content (AvgIpc) is 3.29. The van der Waals surface area contributed by atoms with Gasteiger partial charge in [0.15, 0.2) is 0 Å². The second kappa shape index (κ2) is 5.82. The molecule has 3 aromatic heterocycles. The predicted molar refractivity (Wildman–Crippen MR) is 92.0 cm³/mol. The van der Waals surface area contributed by atoms with Crippen molar-refractivity contribution < 1.29 is 9.21 Å². The van der Waals surface area contributed by atoms with E-state index in [1.54, 1.807) is 6.26 Å². The van der Waals surface area contributed by atoms with Gasteiger partial charge in [0.2, 0.25) is 0 Å². The second-order valence-corrected chi connectivity index (χ2v) is 6.58. The summed E-state index contributed by atoms with van der Waals surface area (Å²) >= 11 is 0. The number of nitrogens with zero attached hydrogens (tertiary/aromatic N) is 2. The molecule has 1 amide bonds. The summed E-state index contributed by atoms with van der Waals surface area (Å²) < 4.78 is 7.44. The van der Waals surface area contributed by atoms with E-state index >= 15 is 0 Å². The fraction of sp³-hybridized carbons (Fsp3) is 0.368. The Morgan fingerprint density at radius 2 is 2.25 bits per heavy atom. The molecular weight excluding hydrogens is 302 g/mol. The van der Waals surface area contributed by atoms with Crippen molar-refractivity contribution in [1.29, 1.82) is 0 Å². The lowest BCUT2D eigenvalue weighted by Gasteiger charge is -2.13. The SMILES string of the molecule is CC(C)n1ccc2c(C(=O)NCc3ccco3)c3c(nc21)CCC3. The van der Waals surface area contributed by atoms with E-state index < -0.39 is 0 Å². The molecule has 124 valence electrons. The first kappa shape index (κ1) is 15.0. The van der Waals surface area contributed by atoms with Gasteiger partial charge in [-0.25, -0.2) is 4.98 Å². The Labute approximate surface area is 140 Å². The molecule has 1 aliphatic rings. The maximum Gasteiger partial charge on any atom is 0.252 e. The third kappa shape index (κ3) is 2.40. The van der Waals surface area contributed by atoms with Crippen LogP contribution in [-0.4, -0.2) is 15.5 Å². The monoisotopic (exact) mass is 323 g/mol. The van der Waals surface area contributed by atoms with Crippen molar-refractivity contribution in [3.8, 4) is 0 Å². The van der Waals surface area contributed by atoms with Crippen LogP contribution in [0.5, 0.6) is 0 Å². The number of aromatic nitrogens is 2. The van der Waals surface area contributed by atoms with E-state index in [-0.39, 0.29) is 5.91 Å². The Morgan fingerprint density at radius 3 is 3.00 bits per heavy atom. The maximum atomic E-state index is 12.9. The molecule has 0 spiro atoms. The molecule has 0 saturated carbocycles. The standard InChI is InChI=1S/C19H21N3O2/c1-12(2)22-9-8-15-17(14-6-3-7-16(14)21-18(15)22)19(23)20-11-13-5-4-10-24-13/h4-5,8-10,12H,3,6-7,11H2,1-2H3,(H,20,23). The van der Waals surface area contributed by atoms with Crippen molar-refractivity contribution >= 4 is 16.9 Å². The number of hydrogen-bond acceptors (Lipinski definition) is 3. The minimum Gasteiger partial charge on any atom is -0.467 e. The number of aryl methyl sites for hydroxylation is 1. The number of furan rings is 1.